The summed E-state index contributed by atoms with van der Waals surface area (Å²) in [6, 6.07) is 21.3. The molecule has 0 spiro atoms. The first-order valence-corrected chi connectivity index (χ1v) is 12.4. The van der Waals surface area contributed by atoms with Crippen molar-refractivity contribution in [3.63, 3.8) is 0 Å². The molecule has 1 N–H and O–H groups in total. The van der Waals surface area contributed by atoms with E-state index < -0.39 is 8.32 Å². The molecule has 0 bridgehead atoms. The zero-order chi connectivity index (χ0) is 20.9. The van der Waals surface area contributed by atoms with Crippen LogP contribution in [0.3, 0.4) is 0 Å². The molecule has 0 aliphatic heterocycles. The summed E-state index contributed by atoms with van der Waals surface area (Å²) in [5, 5.41) is 11.7. The Labute approximate surface area is 175 Å². The van der Waals surface area contributed by atoms with Crippen LogP contribution in [0.1, 0.15) is 46.5 Å². The van der Waals surface area contributed by atoms with E-state index in [4.69, 9.17) is 4.43 Å². The van der Waals surface area contributed by atoms with Gasteiger partial charge in [0, 0.05) is 18.6 Å². The van der Waals surface area contributed by atoms with E-state index in [1.807, 2.05) is 0 Å². The van der Waals surface area contributed by atoms with Gasteiger partial charge < -0.3 is 9.53 Å². The smallest absolute Gasteiger partial charge is 0.261 e. The van der Waals surface area contributed by atoms with E-state index >= 15 is 0 Å². The molecule has 3 nitrogen and oxygen atoms in total. The van der Waals surface area contributed by atoms with Crippen molar-refractivity contribution >= 4 is 24.5 Å². The van der Waals surface area contributed by atoms with Crippen molar-refractivity contribution in [1.29, 1.82) is 0 Å². The highest BCUT2D eigenvalue weighted by atomic mass is 28.4. The van der Waals surface area contributed by atoms with Crippen LogP contribution in [0.25, 0.3) is 0 Å². The summed E-state index contributed by atoms with van der Waals surface area (Å²) in [7, 11) is -2.51. The third-order valence-corrected chi connectivity index (χ3v) is 11.1. The zero-order valence-electron chi connectivity index (χ0n) is 17.7. The number of rotatable bonds is 6. The van der Waals surface area contributed by atoms with Crippen LogP contribution < -0.4 is 10.4 Å². The van der Waals surface area contributed by atoms with E-state index in [0.29, 0.717) is 30.9 Å². The number of allylic oxidation sites excluding steroid dienone is 1. The van der Waals surface area contributed by atoms with Gasteiger partial charge in [0.2, 0.25) is 0 Å². The lowest BCUT2D eigenvalue weighted by Gasteiger charge is -2.43. The molecule has 0 heterocycles. The molecule has 0 unspecified atom stereocenters. The van der Waals surface area contributed by atoms with Crippen molar-refractivity contribution in [2.45, 2.75) is 51.5 Å². The molecule has 29 heavy (non-hydrogen) atoms. The number of benzene rings is 2. The molecule has 0 radical (unpaired) electrons. The average Bonchev–Trinajstić information content (AvgIpc) is 2.72. The Morgan fingerprint density at radius 1 is 1.03 bits per heavy atom. The molecule has 154 valence electrons. The van der Waals surface area contributed by atoms with E-state index in [0.717, 1.165) is 19.1 Å². The summed E-state index contributed by atoms with van der Waals surface area (Å²) in [6.07, 6.45) is 3.96. The van der Waals surface area contributed by atoms with Crippen LogP contribution >= 0.6 is 0 Å². The molecule has 2 aromatic rings. The number of aliphatic hydroxyl groups excluding tert-OH is 1. The quantitative estimate of drug-likeness (QED) is 0.426. The minimum absolute atomic E-state index is 0.0368. The topological polar surface area (TPSA) is 46.5 Å². The second-order valence-electron chi connectivity index (χ2n) is 8.99. The molecule has 1 atom stereocenters. The number of hydrogen-bond acceptors (Lipinski definition) is 3. The third-order valence-electron chi connectivity index (χ3n) is 6.07. The molecular formula is C25H32O3Si. The van der Waals surface area contributed by atoms with Crippen LogP contribution in [0.4, 0.5) is 0 Å². The fraction of sp³-hybridized carbons (Fsp3) is 0.400. The maximum atomic E-state index is 12.1. The Bertz CT molecular complexity index is 798. The van der Waals surface area contributed by atoms with Gasteiger partial charge in [-0.1, -0.05) is 81.4 Å². The van der Waals surface area contributed by atoms with Crippen molar-refractivity contribution in [3.8, 4) is 0 Å². The SMILES string of the molecule is CC(C)(C)[Si](OCC[C@@H]1CC/C(=C/O)C(=O)C1)(c1ccccc1)c1ccccc1. The lowest BCUT2D eigenvalue weighted by Crippen LogP contribution is -2.66. The molecule has 1 aliphatic rings. The van der Waals surface area contributed by atoms with Gasteiger partial charge >= 0.3 is 0 Å². The number of ketones is 1. The molecule has 1 fully saturated rings. The Balaban J connectivity index is 1.86. The van der Waals surface area contributed by atoms with Gasteiger partial charge in [-0.05, 0) is 40.6 Å². The van der Waals surface area contributed by atoms with Gasteiger partial charge in [-0.3, -0.25) is 4.79 Å². The molecule has 0 aromatic heterocycles. The van der Waals surface area contributed by atoms with Crippen LogP contribution in [0.2, 0.25) is 5.04 Å². The van der Waals surface area contributed by atoms with Gasteiger partial charge in [0.1, 0.15) is 0 Å². The number of hydrogen-bond donors (Lipinski definition) is 1. The summed E-state index contributed by atoms with van der Waals surface area (Å²) in [6.45, 7) is 7.48. The predicted octanol–water partition coefficient (Wildman–Crippen LogP) is 4.76. The van der Waals surface area contributed by atoms with Crippen LogP contribution in [0, 0.1) is 5.92 Å². The minimum atomic E-state index is -2.51. The zero-order valence-corrected chi connectivity index (χ0v) is 18.7. The van der Waals surface area contributed by atoms with Crippen molar-refractivity contribution in [3.05, 3.63) is 72.5 Å². The van der Waals surface area contributed by atoms with E-state index in [1.165, 1.54) is 10.4 Å². The highest BCUT2D eigenvalue weighted by Gasteiger charge is 2.50. The predicted molar refractivity (Wildman–Crippen MR) is 121 cm³/mol. The molecule has 4 heteroatoms. The van der Waals surface area contributed by atoms with Crippen LogP contribution in [0.15, 0.2) is 72.5 Å². The van der Waals surface area contributed by atoms with Gasteiger partial charge in [0.25, 0.3) is 8.32 Å². The first kappa shape index (κ1) is 21.5. The average molecular weight is 409 g/mol. The summed E-state index contributed by atoms with van der Waals surface area (Å²) in [5.74, 6) is 0.401. The monoisotopic (exact) mass is 408 g/mol. The highest BCUT2D eigenvalue weighted by Crippen LogP contribution is 2.37. The molecule has 0 saturated heterocycles. The first-order valence-electron chi connectivity index (χ1n) is 10.5. The fourth-order valence-electron chi connectivity index (χ4n) is 4.52. The summed E-state index contributed by atoms with van der Waals surface area (Å²) in [5.41, 5.74) is 0.564. The van der Waals surface area contributed by atoms with Crippen molar-refractivity contribution < 1.29 is 14.3 Å². The van der Waals surface area contributed by atoms with Gasteiger partial charge in [-0.2, -0.15) is 0 Å². The Morgan fingerprint density at radius 3 is 2.03 bits per heavy atom. The maximum absolute atomic E-state index is 12.1. The lowest BCUT2D eigenvalue weighted by atomic mass is 9.84. The largest absolute Gasteiger partial charge is 0.515 e. The maximum Gasteiger partial charge on any atom is 0.261 e. The van der Waals surface area contributed by atoms with Crippen LogP contribution in [0.5, 0.6) is 0 Å². The van der Waals surface area contributed by atoms with E-state index in [1.54, 1.807) is 0 Å². The van der Waals surface area contributed by atoms with Gasteiger partial charge in [-0.25, -0.2) is 0 Å². The van der Waals surface area contributed by atoms with Crippen LogP contribution in [-0.2, 0) is 9.22 Å². The molecule has 1 aliphatic carbocycles. The first-order chi connectivity index (χ1) is 13.9. The van der Waals surface area contributed by atoms with E-state index in [2.05, 4.69) is 81.4 Å². The molecular weight excluding hydrogens is 376 g/mol. The number of carbonyl (C=O) groups excluding carboxylic acids is 1. The molecule has 0 amide bonds. The van der Waals surface area contributed by atoms with Crippen molar-refractivity contribution in [2.75, 3.05) is 6.61 Å². The van der Waals surface area contributed by atoms with Gasteiger partial charge in [-0.15, -0.1) is 0 Å². The number of carbonyl (C=O) groups is 1. The summed E-state index contributed by atoms with van der Waals surface area (Å²) < 4.78 is 6.92. The normalized spacial score (nSPS) is 19.5. The second kappa shape index (κ2) is 9.10. The second-order valence-corrected chi connectivity index (χ2v) is 13.3. The summed E-state index contributed by atoms with van der Waals surface area (Å²) in [4.78, 5) is 12.1. The Kier molecular flexibility index (Phi) is 6.76. The lowest BCUT2D eigenvalue weighted by molar-refractivity contribution is -0.117. The minimum Gasteiger partial charge on any atom is -0.515 e. The van der Waals surface area contributed by atoms with Crippen molar-refractivity contribution in [2.24, 2.45) is 5.92 Å². The highest BCUT2D eigenvalue weighted by molar-refractivity contribution is 6.99. The fourth-order valence-corrected chi connectivity index (χ4v) is 9.10. The van der Waals surface area contributed by atoms with Crippen LogP contribution in [-0.4, -0.2) is 25.8 Å². The standard InChI is InChI=1S/C25H32O3Si/c1-25(2,3)29(22-10-6-4-7-11-22,23-12-8-5-9-13-23)28-17-16-20-14-15-21(19-26)24(27)18-20/h4-13,19-20,26H,14-18H2,1-3H3/b21-19-/t20-/m0/s1. The van der Waals surface area contributed by atoms with E-state index in [9.17, 15) is 9.90 Å². The molecule has 1 saturated carbocycles. The van der Waals surface area contributed by atoms with Crippen molar-refractivity contribution in [1.82, 2.24) is 0 Å². The summed E-state index contributed by atoms with van der Waals surface area (Å²) >= 11 is 0. The molecule has 2 aromatic carbocycles. The van der Waals surface area contributed by atoms with E-state index in [-0.39, 0.29) is 10.8 Å². The van der Waals surface area contributed by atoms with Gasteiger partial charge in [0.15, 0.2) is 5.78 Å². The third kappa shape index (κ3) is 4.54. The molecule has 3 rings (SSSR count). The Morgan fingerprint density at radius 2 is 1.59 bits per heavy atom. The number of Topliss-reactive ketones (excluding diaryl/α,β-unsaturated/α-hetero) is 1. The van der Waals surface area contributed by atoms with Gasteiger partial charge in [0.05, 0.1) is 6.26 Å². The number of aliphatic hydroxyl groups is 1. The Hall–Kier alpha value is -2.17.